The van der Waals surface area contributed by atoms with Gasteiger partial charge < -0.3 is 15.6 Å². The van der Waals surface area contributed by atoms with E-state index < -0.39 is 0 Å². The maximum atomic E-state index is 4.43. The van der Waals surface area contributed by atoms with Crippen molar-refractivity contribution in [2.45, 2.75) is 58.0 Å². The number of para-hydroxylation sites is 1. The molecule has 3 N–H and O–H groups in total. The quantitative estimate of drug-likeness (QED) is 0.204. The fourth-order valence-corrected chi connectivity index (χ4v) is 4.06. The first-order chi connectivity index (χ1) is 15.5. The van der Waals surface area contributed by atoms with Gasteiger partial charge in [-0.25, -0.2) is 0 Å². The third kappa shape index (κ3) is 6.16. The molecule has 1 aromatic heterocycles. The SMILES string of the molecule is C=C(NC(CCCCC)C(=C)NC(Cc1ccccc1)C(=C)C)c1c[nH]c2ccccc12. The molecule has 0 spiro atoms. The molecule has 3 rings (SSSR count). The van der Waals surface area contributed by atoms with Crippen LogP contribution in [0.5, 0.6) is 0 Å². The zero-order chi connectivity index (χ0) is 22.9. The second kappa shape index (κ2) is 11.4. The predicted molar refractivity (Wildman–Crippen MR) is 139 cm³/mol. The highest BCUT2D eigenvalue weighted by molar-refractivity contribution is 5.91. The number of aromatic amines is 1. The number of H-pyrrole nitrogens is 1. The molecule has 168 valence electrons. The van der Waals surface area contributed by atoms with Crippen LogP contribution in [-0.4, -0.2) is 17.1 Å². The van der Waals surface area contributed by atoms with Gasteiger partial charge in [0.15, 0.2) is 0 Å². The van der Waals surface area contributed by atoms with Crippen LogP contribution in [-0.2, 0) is 6.42 Å². The summed E-state index contributed by atoms with van der Waals surface area (Å²) in [5.41, 5.74) is 6.54. The maximum absolute atomic E-state index is 4.43. The third-order valence-corrected chi connectivity index (χ3v) is 6.02. The summed E-state index contributed by atoms with van der Waals surface area (Å²) < 4.78 is 0. The minimum Gasteiger partial charge on any atom is -0.380 e. The summed E-state index contributed by atoms with van der Waals surface area (Å²) in [5.74, 6) is 0. The van der Waals surface area contributed by atoms with E-state index >= 15 is 0 Å². The molecule has 0 radical (unpaired) electrons. The summed E-state index contributed by atoms with van der Waals surface area (Å²) in [4.78, 5) is 3.35. The first-order valence-corrected chi connectivity index (χ1v) is 11.7. The smallest absolute Gasteiger partial charge is 0.0654 e. The highest BCUT2D eigenvalue weighted by Gasteiger charge is 2.19. The van der Waals surface area contributed by atoms with E-state index in [-0.39, 0.29) is 12.1 Å². The van der Waals surface area contributed by atoms with Crippen molar-refractivity contribution in [1.29, 1.82) is 0 Å². The Morgan fingerprint density at radius 3 is 2.34 bits per heavy atom. The molecule has 2 aromatic carbocycles. The van der Waals surface area contributed by atoms with Crippen molar-refractivity contribution in [3.63, 3.8) is 0 Å². The Morgan fingerprint density at radius 1 is 0.906 bits per heavy atom. The highest BCUT2D eigenvalue weighted by atomic mass is 15.0. The number of hydrogen-bond donors (Lipinski definition) is 3. The summed E-state index contributed by atoms with van der Waals surface area (Å²) in [7, 11) is 0. The Balaban J connectivity index is 1.73. The van der Waals surface area contributed by atoms with Gasteiger partial charge in [-0.1, -0.05) is 100 Å². The number of hydrogen-bond acceptors (Lipinski definition) is 2. The van der Waals surface area contributed by atoms with Gasteiger partial charge in [0, 0.05) is 34.1 Å². The van der Waals surface area contributed by atoms with Crippen LogP contribution in [0.15, 0.2) is 91.8 Å². The van der Waals surface area contributed by atoms with Crippen LogP contribution in [0.3, 0.4) is 0 Å². The number of fused-ring (bicyclic) bond motifs is 1. The first kappa shape index (κ1) is 23.5. The zero-order valence-corrected chi connectivity index (χ0v) is 19.6. The van der Waals surface area contributed by atoms with E-state index in [1.54, 1.807) is 0 Å². The molecule has 3 nitrogen and oxygen atoms in total. The summed E-state index contributed by atoms with van der Waals surface area (Å²) >= 11 is 0. The Labute approximate surface area is 193 Å². The maximum Gasteiger partial charge on any atom is 0.0654 e. The standard InChI is InChI=1S/C29H37N3/c1-6-7-9-17-27(31-22(4)26-20-30-28-18-13-12-16-25(26)28)23(5)32-29(21(2)3)19-24-14-10-8-11-15-24/h8,10-16,18,20,27,29-32H,2,4-7,9,17,19H2,1,3H3. The highest BCUT2D eigenvalue weighted by Crippen LogP contribution is 2.24. The topological polar surface area (TPSA) is 39.8 Å². The van der Waals surface area contributed by atoms with Crippen molar-refractivity contribution in [2.24, 2.45) is 0 Å². The number of unbranched alkanes of at least 4 members (excludes halogenated alkanes) is 2. The summed E-state index contributed by atoms with van der Waals surface area (Å²) in [5, 5.41) is 8.53. The van der Waals surface area contributed by atoms with Crippen LogP contribution in [0.1, 0.15) is 50.7 Å². The molecular weight excluding hydrogens is 390 g/mol. The molecule has 0 aliphatic heterocycles. The van der Waals surface area contributed by atoms with Crippen molar-refractivity contribution in [3.8, 4) is 0 Å². The van der Waals surface area contributed by atoms with Crippen molar-refractivity contribution in [1.82, 2.24) is 15.6 Å². The fraction of sp³-hybridized carbons (Fsp3) is 0.310. The molecule has 0 bridgehead atoms. The zero-order valence-electron chi connectivity index (χ0n) is 19.6. The van der Waals surface area contributed by atoms with Gasteiger partial charge >= 0.3 is 0 Å². The molecule has 2 unspecified atom stereocenters. The molecule has 32 heavy (non-hydrogen) atoms. The Kier molecular flexibility index (Phi) is 8.38. The van der Waals surface area contributed by atoms with Gasteiger partial charge in [-0.05, 0) is 31.4 Å². The molecule has 0 saturated carbocycles. The largest absolute Gasteiger partial charge is 0.380 e. The van der Waals surface area contributed by atoms with Gasteiger partial charge in [-0.2, -0.15) is 0 Å². The molecule has 2 atom stereocenters. The molecule has 0 fully saturated rings. The molecule has 1 heterocycles. The van der Waals surface area contributed by atoms with E-state index in [1.807, 2.05) is 12.3 Å². The Hall–Kier alpha value is -3.20. The lowest BCUT2D eigenvalue weighted by Crippen LogP contribution is -2.40. The average molecular weight is 428 g/mol. The molecule has 0 aliphatic carbocycles. The minimum absolute atomic E-state index is 0.0975. The van der Waals surface area contributed by atoms with Crippen LogP contribution in [0, 0.1) is 0 Å². The van der Waals surface area contributed by atoms with Gasteiger partial charge in [0.2, 0.25) is 0 Å². The number of benzene rings is 2. The Morgan fingerprint density at radius 2 is 1.62 bits per heavy atom. The van der Waals surface area contributed by atoms with E-state index in [4.69, 9.17) is 0 Å². The lowest BCUT2D eigenvalue weighted by atomic mass is 9.98. The van der Waals surface area contributed by atoms with Crippen LogP contribution in [0.2, 0.25) is 0 Å². The molecular formula is C29H37N3. The van der Waals surface area contributed by atoms with Crippen LogP contribution >= 0.6 is 0 Å². The van der Waals surface area contributed by atoms with Crippen LogP contribution in [0.4, 0.5) is 0 Å². The second-order valence-corrected chi connectivity index (χ2v) is 8.68. The molecule has 0 saturated heterocycles. The average Bonchev–Trinajstić information content (AvgIpc) is 3.23. The molecule has 3 heteroatoms. The van der Waals surface area contributed by atoms with Crippen molar-refractivity contribution >= 4 is 16.6 Å². The number of nitrogens with one attached hydrogen (secondary N) is 3. The van der Waals surface area contributed by atoms with Gasteiger partial charge in [0.25, 0.3) is 0 Å². The molecule has 0 aliphatic rings. The van der Waals surface area contributed by atoms with Gasteiger partial charge in [0.05, 0.1) is 12.1 Å². The number of rotatable bonds is 13. The lowest BCUT2D eigenvalue weighted by Gasteiger charge is -2.29. The summed E-state index contributed by atoms with van der Waals surface area (Å²) in [6.07, 6.45) is 7.48. The van der Waals surface area contributed by atoms with Crippen molar-refractivity contribution in [3.05, 3.63) is 103 Å². The monoisotopic (exact) mass is 427 g/mol. The fourth-order valence-electron chi connectivity index (χ4n) is 4.06. The Bertz CT molecular complexity index is 1040. The van der Waals surface area contributed by atoms with E-state index in [9.17, 15) is 0 Å². The van der Waals surface area contributed by atoms with Crippen LogP contribution in [0.25, 0.3) is 16.6 Å². The predicted octanol–water partition coefficient (Wildman–Crippen LogP) is 6.97. The van der Waals surface area contributed by atoms with E-state index in [0.29, 0.717) is 0 Å². The summed E-state index contributed by atoms with van der Waals surface area (Å²) in [6.45, 7) is 17.3. The van der Waals surface area contributed by atoms with Crippen LogP contribution < -0.4 is 10.6 Å². The van der Waals surface area contributed by atoms with Crippen molar-refractivity contribution in [2.75, 3.05) is 0 Å². The second-order valence-electron chi connectivity index (χ2n) is 8.68. The van der Waals surface area contributed by atoms with Gasteiger partial charge in [-0.3, -0.25) is 0 Å². The van der Waals surface area contributed by atoms with E-state index in [2.05, 4.69) is 97.7 Å². The minimum atomic E-state index is 0.0975. The molecule has 0 amide bonds. The summed E-state index contributed by atoms with van der Waals surface area (Å²) in [6, 6.07) is 19.1. The van der Waals surface area contributed by atoms with E-state index in [1.165, 1.54) is 23.8 Å². The lowest BCUT2D eigenvalue weighted by molar-refractivity contribution is 0.513. The number of aromatic nitrogens is 1. The van der Waals surface area contributed by atoms with Gasteiger partial charge in [0.1, 0.15) is 0 Å². The van der Waals surface area contributed by atoms with Gasteiger partial charge in [-0.15, -0.1) is 0 Å². The van der Waals surface area contributed by atoms with E-state index in [0.717, 1.165) is 47.3 Å². The van der Waals surface area contributed by atoms with Crippen molar-refractivity contribution < 1.29 is 0 Å². The first-order valence-electron chi connectivity index (χ1n) is 11.7. The normalized spacial score (nSPS) is 12.8. The molecule has 3 aromatic rings. The third-order valence-electron chi connectivity index (χ3n) is 6.02.